The van der Waals surface area contributed by atoms with E-state index in [1.165, 1.54) is 0 Å². The zero-order valence-corrected chi connectivity index (χ0v) is 10.4. The molecular weight excluding hydrogens is 216 g/mol. The fraction of sp³-hybridized carbons (Fsp3) is 0.538. The van der Waals surface area contributed by atoms with Crippen LogP contribution in [0.4, 0.5) is 11.4 Å². The zero-order valence-electron chi connectivity index (χ0n) is 10.4. The van der Waals surface area contributed by atoms with Gasteiger partial charge in [-0.3, -0.25) is 0 Å². The number of rotatable bonds is 2. The summed E-state index contributed by atoms with van der Waals surface area (Å²) >= 11 is 0. The molecule has 0 amide bonds. The highest BCUT2D eigenvalue weighted by molar-refractivity contribution is 5.58. The minimum Gasteiger partial charge on any atom is -0.399 e. The van der Waals surface area contributed by atoms with Gasteiger partial charge >= 0.3 is 0 Å². The van der Waals surface area contributed by atoms with Gasteiger partial charge < -0.3 is 20.5 Å². The van der Waals surface area contributed by atoms with Crippen LogP contribution in [0, 0.1) is 6.92 Å². The second-order valence-corrected chi connectivity index (χ2v) is 4.68. The summed E-state index contributed by atoms with van der Waals surface area (Å²) in [4.78, 5) is 2.26. The Bertz CT molecular complexity index is 395. The summed E-state index contributed by atoms with van der Waals surface area (Å²) in [6.45, 7) is 5.57. The maximum Gasteiger partial charge on any atom is 0.0981 e. The van der Waals surface area contributed by atoms with Gasteiger partial charge in [0.25, 0.3) is 0 Å². The van der Waals surface area contributed by atoms with Crippen LogP contribution in [0.1, 0.15) is 12.5 Å². The molecule has 94 valence electrons. The van der Waals surface area contributed by atoms with Gasteiger partial charge in [0.05, 0.1) is 19.3 Å². The third kappa shape index (κ3) is 2.53. The largest absolute Gasteiger partial charge is 0.399 e. The molecule has 1 aliphatic rings. The van der Waals surface area contributed by atoms with Gasteiger partial charge in [0.15, 0.2) is 0 Å². The number of nitrogens with two attached hydrogens (primary N) is 1. The summed E-state index contributed by atoms with van der Waals surface area (Å²) in [5.41, 5.74) is 8.87. The molecule has 1 saturated heterocycles. The van der Waals surface area contributed by atoms with Gasteiger partial charge in [-0.2, -0.15) is 0 Å². The first kappa shape index (κ1) is 12.2. The van der Waals surface area contributed by atoms with E-state index in [9.17, 15) is 0 Å². The molecule has 1 fully saturated rings. The van der Waals surface area contributed by atoms with Crippen LogP contribution in [-0.2, 0) is 4.74 Å². The molecule has 0 radical (unpaired) electrons. The summed E-state index contributed by atoms with van der Waals surface area (Å²) in [5, 5.41) is 9.17. The average molecular weight is 236 g/mol. The van der Waals surface area contributed by atoms with E-state index >= 15 is 0 Å². The monoisotopic (exact) mass is 236 g/mol. The van der Waals surface area contributed by atoms with Crippen molar-refractivity contribution in [2.24, 2.45) is 0 Å². The predicted octanol–water partition coefficient (Wildman–Crippen LogP) is 1.16. The quantitative estimate of drug-likeness (QED) is 0.757. The van der Waals surface area contributed by atoms with Crippen molar-refractivity contribution in [2.75, 3.05) is 30.4 Å². The van der Waals surface area contributed by atoms with Crippen LogP contribution in [0.2, 0.25) is 0 Å². The van der Waals surface area contributed by atoms with Crippen molar-refractivity contribution in [1.82, 2.24) is 0 Å². The first-order chi connectivity index (χ1) is 8.11. The first-order valence-corrected chi connectivity index (χ1v) is 5.97. The number of benzene rings is 1. The van der Waals surface area contributed by atoms with Crippen molar-refractivity contribution in [1.29, 1.82) is 0 Å². The van der Waals surface area contributed by atoms with Crippen molar-refractivity contribution in [3.05, 3.63) is 23.8 Å². The maximum atomic E-state index is 9.17. The van der Waals surface area contributed by atoms with Crippen LogP contribution in [-0.4, -0.2) is 37.0 Å². The first-order valence-electron chi connectivity index (χ1n) is 5.97. The molecule has 2 rings (SSSR count). The minimum atomic E-state index is -0.0935. The smallest absolute Gasteiger partial charge is 0.0981 e. The number of aliphatic hydroxyl groups excluding tert-OH is 1. The molecule has 2 atom stereocenters. The number of nitrogen functional groups attached to an aromatic ring is 1. The van der Waals surface area contributed by atoms with E-state index in [1.807, 2.05) is 19.1 Å². The number of morpholine rings is 1. The van der Waals surface area contributed by atoms with Crippen molar-refractivity contribution in [3.63, 3.8) is 0 Å². The molecule has 4 heteroatoms. The molecule has 3 N–H and O–H groups in total. The summed E-state index contributed by atoms with van der Waals surface area (Å²) in [7, 11) is 0. The van der Waals surface area contributed by atoms with Crippen molar-refractivity contribution in [3.8, 4) is 0 Å². The molecule has 0 bridgehead atoms. The molecule has 17 heavy (non-hydrogen) atoms. The van der Waals surface area contributed by atoms with Crippen LogP contribution in [0.25, 0.3) is 0 Å². The second-order valence-electron chi connectivity index (χ2n) is 4.68. The Morgan fingerprint density at radius 2 is 2.29 bits per heavy atom. The highest BCUT2D eigenvalue weighted by Gasteiger charge is 2.25. The molecule has 4 nitrogen and oxygen atoms in total. The second kappa shape index (κ2) is 4.94. The lowest BCUT2D eigenvalue weighted by atomic mass is 10.1. The Morgan fingerprint density at radius 3 is 2.94 bits per heavy atom. The van der Waals surface area contributed by atoms with Crippen LogP contribution in [0.15, 0.2) is 18.2 Å². The van der Waals surface area contributed by atoms with Crippen molar-refractivity contribution >= 4 is 11.4 Å². The minimum absolute atomic E-state index is 0.0666. The fourth-order valence-electron chi connectivity index (χ4n) is 2.13. The van der Waals surface area contributed by atoms with E-state index < -0.39 is 0 Å². The summed E-state index contributed by atoms with van der Waals surface area (Å²) < 4.78 is 5.53. The number of aliphatic hydroxyl groups is 1. The van der Waals surface area contributed by atoms with E-state index in [4.69, 9.17) is 15.6 Å². The molecule has 0 aliphatic carbocycles. The SMILES string of the molecule is Cc1cc(N2CC(CO)OCC2C)ccc1N. The number of hydrogen-bond donors (Lipinski definition) is 2. The molecule has 0 spiro atoms. The van der Waals surface area contributed by atoms with Crippen LogP contribution in [0.3, 0.4) is 0 Å². The number of nitrogens with zero attached hydrogens (tertiary/aromatic N) is 1. The van der Waals surface area contributed by atoms with E-state index in [-0.39, 0.29) is 12.7 Å². The molecule has 0 aromatic heterocycles. The molecular formula is C13H20N2O2. The standard InChI is InChI=1S/C13H20N2O2/c1-9-5-11(3-4-13(9)14)15-6-12(7-16)17-8-10(15)2/h3-5,10,12,16H,6-8,14H2,1-2H3. The summed E-state index contributed by atoms with van der Waals surface area (Å²) in [5.74, 6) is 0. The van der Waals surface area contributed by atoms with Crippen LogP contribution >= 0.6 is 0 Å². The number of hydrogen-bond acceptors (Lipinski definition) is 4. The Labute approximate surface area is 102 Å². The molecule has 1 aromatic carbocycles. The number of aryl methyl sites for hydroxylation is 1. The lowest BCUT2D eigenvalue weighted by Gasteiger charge is -2.39. The molecule has 2 unspecified atom stereocenters. The Balaban J connectivity index is 2.21. The summed E-state index contributed by atoms with van der Waals surface area (Å²) in [6, 6.07) is 6.37. The average Bonchev–Trinajstić information content (AvgIpc) is 2.33. The van der Waals surface area contributed by atoms with Crippen molar-refractivity contribution in [2.45, 2.75) is 26.0 Å². The molecule has 1 aliphatic heterocycles. The van der Waals surface area contributed by atoms with Gasteiger partial charge in [-0.1, -0.05) is 0 Å². The maximum absolute atomic E-state index is 9.17. The van der Waals surface area contributed by atoms with Gasteiger partial charge in [0.1, 0.15) is 0 Å². The highest BCUT2D eigenvalue weighted by atomic mass is 16.5. The molecule has 0 saturated carbocycles. The molecule has 1 heterocycles. The molecule has 1 aromatic rings. The van der Waals surface area contributed by atoms with Gasteiger partial charge in [-0.15, -0.1) is 0 Å². The van der Waals surface area contributed by atoms with E-state index in [0.717, 1.165) is 23.5 Å². The van der Waals surface area contributed by atoms with Crippen LogP contribution in [0.5, 0.6) is 0 Å². The normalized spacial score (nSPS) is 25.0. The van der Waals surface area contributed by atoms with Gasteiger partial charge in [-0.25, -0.2) is 0 Å². The fourth-order valence-corrected chi connectivity index (χ4v) is 2.13. The lowest BCUT2D eigenvalue weighted by molar-refractivity contribution is -0.0103. The van der Waals surface area contributed by atoms with Gasteiger partial charge in [0, 0.05) is 24.0 Å². The topological polar surface area (TPSA) is 58.7 Å². The zero-order chi connectivity index (χ0) is 12.4. The van der Waals surface area contributed by atoms with Gasteiger partial charge in [-0.05, 0) is 37.6 Å². The van der Waals surface area contributed by atoms with Crippen molar-refractivity contribution < 1.29 is 9.84 Å². The number of anilines is 2. The lowest BCUT2D eigenvalue weighted by Crippen LogP contribution is -2.49. The third-order valence-electron chi connectivity index (χ3n) is 3.29. The summed E-state index contributed by atoms with van der Waals surface area (Å²) in [6.07, 6.45) is -0.0935. The third-order valence-corrected chi connectivity index (χ3v) is 3.29. The van der Waals surface area contributed by atoms with Gasteiger partial charge in [0.2, 0.25) is 0 Å². The van der Waals surface area contributed by atoms with E-state index in [1.54, 1.807) is 0 Å². The Morgan fingerprint density at radius 1 is 1.53 bits per heavy atom. The van der Waals surface area contributed by atoms with E-state index in [2.05, 4.69) is 17.9 Å². The van der Waals surface area contributed by atoms with Crippen LogP contribution < -0.4 is 10.6 Å². The van der Waals surface area contributed by atoms with E-state index in [0.29, 0.717) is 12.6 Å². The Kier molecular flexibility index (Phi) is 3.54. The number of ether oxygens (including phenoxy) is 1. The Hall–Kier alpha value is -1.26. The highest BCUT2D eigenvalue weighted by Crippen LogP contribution is 2.25. The predicted molar refractivity (Wildman–Crippen MR) is 69.2 cm³/mol.